The van der Waals surface area contributed by atoms with Gasteiger partial charge in [0.2, 0.25) is 0 Å². The molecule has 3 nitrogen and oxygen atoms in total. The molecule has 114 valence electrons. The van der Waals surface area contributed by atoms with Crippen molar-refractivity contribution in [2.24, 2.45) is 0 Å². The van der Waals surface area contributed by atoms with Gasteiger partial charge < -0.3 is 10.1 Å². The molecule has 3 heteroatoms. The molecule has 1 amide bonds. The van der Waals surface area contributed by atoms with Crippen LogP contribution in [-0.2, 0) is 0 Å². The van der Waals surface area contributed by atoms with Crippen LogP contribution in [0.3, 0.4) is 0 Å². The molecule has 0 fully saturated rings. The monoisotopic (exact) mass is 303 g/mol. The van der Waals surface area contributed by atoms with Crippen LogP contribution in [0.1, 0.15) is 10.4 Å². The van der Waals surface area contributed by atoms with Crippen molar-refractivity contribution >= 4 is 11.6 Å². The topological polar surface area (TPSA) is 38.3 Å². The summed E-state index contributed by atoms with van der Waals surface area (Å²) >= 11 is 0. The molecule has 0 saturated heterocycles. The van der Waals surface area contributed by atoms with Crippen LogP contribution in [0.2, 0.25) is 0 Å². The summed E-state index contributed by atoms with van der Waals surface area (Å²) in [7, 11) is 1.58. The highest BCUT2D eigenvalue weighted by Crippen LogP contribution is 2.21. The zero-order chi connectivity index (χ0) is 16.1. The van der Waals surface area contributed by atoms with Crippen molar-refractivity contribution in [3.05, 3.63) is 84.4 Å². The van der Waals surface area contributed by atoms with Crippen molar-refractivity contribution in [2.45, 2.75) is 0 Å². The van der Waals surface area contributed by atoms with Gasteiger partial charge in [-0.2, -0.15) is 0 Å². The zero-order valence-corrected chi connectivity index (χ0v) is 12.8. The Kier molecular flexibility index (Phi) is 4.39. The minimum absolute atomic E-state index is 0.156. The summed E-state index contributed by atoms with van der Waals surface area (Å²) < 4.78 is 5.14. The Morgan fingerprint density at radius 2 is 1.52 bits per heavy atom. The van der Waals surface area contributed by atoms with Gasteiger partial charge in [-0.1, -0.05) is 48.5 Å². The molecule has 0 aliphatic carbocycles. The van der Waals surface area contributed by atoms with Crippen molar-refractivity contribution in [3.8, 4) is 16.9 Å². The molecule has 1 N–H and O–H groups in total. The molecule has 0 radical (unpaired) electrons. The predicted molar refractivity (Wildman–Crippen MR) is 92.8 cm³/mol. The molecule has 3 aromatic carbocycles. The van der Waals surface area contributed by atoms with E-state index < -0.39 is 0 Å². The normalized spacial score (nSPS) is 10.1. The lowest BCUT2D eigenvalue weighted by atomic mass is 10.1. The lowest BCUT2D eigenvalue weighted by Crippen LogP contribution is -2.11. The fourth-order valence-electron chi connectivity index (χ4n) is 2.34. The van der Waals surface area contributed by atoms with Crippen molar-refractivity contribution < 1.29 is 9.53 Å². The predicted octanol–water partition coefficient (Wildman–Crippen LogP) is 4.61. The van der Waals surface area contributed by atoms with Crippen LogP contribution in [0.5, 0.6) is 5.75 Å². The maximum absolute atomic E-state index is 12.3. The van der Waals surface area contributed by atoms with Gasteiger partial charge in [-0.15, -0.1) is 0 Å². The summed E-state index contributed by atoms with van der Waals surface area (Å²) in [5.74, 6) is 0.508. The Labute approximate surface area is 135 Å². The van der Waals surface area contributed by atoms with Gasteiger partial charge in [0.1, 0.15) is 5.75 Å². The molecular weight excluding hydrogens is 286 g/mol. The first kappa shape index (κ1) is 14.9. The number of anilines is 1. The van der Waals surface area contributed by atoms with Crippen LogP contribution < -0.4 is 10.1 Å². The van der Waals surface area contributed by atoms with E-state index in [4.69, 9.17) is 4.74 Å². The van der Waals surface area contributed by atoms with E-state index >= 15 is 0 Å². The van der Waals surface area contributed by atoms with Gasteiger partial charge in [-0.25, -0.2) is 0 Å². The fourth-order valence-corrected chi connectivity index (χ4v) is 2.34. The second-order valence-corrected chi connectivity index (χ2v) is 5.13. The van der Waals surface area contributed by atoms with Crippen molar-refractivity contribution in [2.75, 3.05) is 12.4 Å². The quantitative estimate of drug-likeness (QED) is 0.764. The third-order valence-electron chi connectivity index (χ3n) is 3.58. The summed E-state index contributed by atoms with van der Waals surface area (Å²) in [4.78, 5) is 12.3. The number of nitrogens with one attached hydrogen (secondary N) is 1. The summed E-state index contributed by atoms with van der Waals surface area (Å²) in [6, 6.07) is 25.0. The van der Waals surface area contributed by atoms with Gasteiger partial charge in [-0.05, 0) is 41.5 Å². The number of amides is 1. The highest BCUT2D eigenvalue weighted by atomic mass is 16.5. The number of benzene rings is 3. The van der Waals surface area contributed by atoms with Crippen LogP contribution in [0.15, 0.2) is 78.9 Å². The largest absolute Gasteiger partial charge is 0.497 e. The van der Waals surface area contributed by atoms with Crippen LogP contribution in [0, 0.1) is 0 Å². The molecule has 0 aliphatic rings. The lowest BCUT2D eigenvalue weighted by molar-refractivity contribution is 0.102. The summed E-state index contributed by atoms with van der Waals surface area (Å²) in [5, 5.41) is 2.89. The maximum Gasteiger partial charge on any atom is 0.255 e. The van der Waals surface area contributed by atoms with Crippen molar-refractivity contribution in [1.29, 1.82) is 0 Å². The van der Waals surface area contributed by atoms with E-state index in [0.29, 0.717) is 11.3 Å². The fraction of sp³-hybridized carbons (Fsp3) is 0.0500. The van der Waals surface area contributed by atoms with Gasteiger partial charge in [0, 0.05) is 11.3 Å². The van der Waals surface area contributed by atoms with Crippen molar-refractivity contribution in [1.82, 2.24) is 0 Å². The first-order chi connectivity index (χ1) is 11.3. The molecule has 0 aromatic heterocycles. The van der Waals surface area contributed by atoms with E-state index in [1.807, 2.05) is 48.5 Å². The number of carbonyl (C=O) groups excluding carboxylic acids is 1. The summed E-state index contributed by atoms with van der Waals surface area (Å²) in [5.41, 5.74) is 3.59. The number of hydrogen-bond acceptors (Lipinski definition) is 2. The van der Waals surface area contributed by atoms with E-state index in [1.54, 1.807) is 25.3 Å². The number of carbonyl (C=O) groups is 1. The SMILES string of the molecule is COc1cccc(C(=O)Nc2ccc(-c3ccccc3)cc2)c1. The first-order valence-electron chi connectivity index (χ1n) is 7.37. The number of ether oxygens (including phenoxy) is 1. The number of methoxy groups -OCH3 is 1. The van der Waals surface area contributed by atoms with E-state index in [9.17, 15) is 4.79 Å². The lowest BCUT2D eigenvalue weighted by Gasteiger charge is -2.08. The molecule has 0 aliphatic heterocycles. The van der Waals surface area contributed by atoms with Gasteiger partial charge >= 0.3 is 0 Å². The Balaban J connectivity index is 1.74. The smallest absolute Gasteiger partial charge is 0.255 e. The molecule has 0 atom stereocenters. The maximum atomic E-state index is 12.3. The minimum Gasteiger partial charge on any atom is -0.497 e. The summed E-state index contributed by atoms with van der Waals surface area (Å²) in [6.45, 7) is 0. The molecule has 0 saturated carbocycles. The van der Waals surface area contributed by atoms with Gasteiger partial charge in [0.15, 0.2) is 0 Å². The molecular formula is C20H17NO2. The first-order valence-corrected chi connectivity index (χ1v) is 7.37. The van der Waals surface area contributed by atoms with E-state index in [-0.39, 0.29) is 5.91 Å². The minimum atomic E-state index is -0.156. The third-order valence-corrected chi connectivity index (χ3v) is 3.58. The van der Waals surface area contributed by atoms with Crippen LogP contribution in [-0.4, -0.2) is 13.0 Å². The second kappa shape index (κ2) is 6.79. The average Bonchev–Trinajstić information content (AvgIpc) is 2.63. The summed E-state index contributed by atoms with van der Waals surface area (Å²) in [6.07, 6.45) is 0. The van der Waals surface area contributed by atoms with Crippen LogP contribution in [0.25, 0.3) is 11.1 Å². The number of rotatable bonds is 4. The Bertz CT molecular complexity index is 795. The van der Waals surface area contributed by atoms with Gasteiger partial charge in [0.25, 0.3) is 5.91 Å². The molecule has 0 spiro atoms. The molecule has 3 aromatic rings. The van der Waals surface area contributed by atoms with Gasteiger partial charge in [-0.3, -0.25) is 4.79 Å². The van der Waals surface area contributed by atoms with Crippen LogP contribution in [0.4, 0.5) is 5.69 Å². The molecule has 0 heterocycles. The third kappa shape index (κ3) is 3.58. The highest BCUT2D eigenvalue weighted by molar-refractivity contribution is 6.04. The molecule has 23 heavy (non-hydrogen) atoms. The second-order valence-electron chi connectivity index (χ2n) is 5.13. The van der Waals surface area contributed by atoms with Gasteiger partial charge in [0.05, 0.1) is 7.11 Å². The highest BCUT2D eigenvalue weighted by Gasteiger charge is 2.07. The Morgan fingerprint density at radius 3 is 2.22 bits per heavy atom. The Hall–Kier alpha value is -3.07. The Morgan fingerprint density at radius 1 is 0.826 bits per heavy atom. The average molecular weight is 303 g/mol. The zero-order valence-electron chi connectivity index (χ0n) is 12.8. The standard InChI is InChI=1S/C20H17NO2/c1-23-19-9-5-8-17(14-19)20(22)21-18-12-10-16(11-13-18)15-6-3-2-4-7-15/h2-14H,1H3,(H,21,22). The molecule has 0 bridgehead atoms. The van der Waals surface area contributed by atoms with E-state index in [1.165, 1.54) is 0 Å². The number of hydrogen-bond donors (Lipinski definition) is 1. The van der Waals surface area contributed by atoms with E-state index in [2.05, 4.69) is 17.4 Å². The molecule has 3 rings (SSSR count). The molecule has 0 unspecified atom stereocenters. The van der Waals surface area contributed by atoms with Crippen LogP contribution >= 0.6 is 0 Å². The van der Waals surface area contributed by atoms with Crippen molar-refractivity contribution in [3.63, 3.8) is 0 Å². The van der Waals surface area contributed by atoms with E-state index in [0.717, 1.165) is 16.8 Å².